The summed E-state index contributed by atoms with van der Waals surface area (Å²) >= 11 is 2.00. The van der Waals surface area contributed by atoms with Crippen LogP contribution in [0.2, 0.25) is 0 Å². The highest BCUT2D eigenvalue weighted by Crippen LogP contribution is 2.39. The minimum atomic E-state index is -0.114. The molecular weight excluding hydrogens is 204 g/mol. The van der Waals surface area contributed by atoms with Crippen LogP contribution in [0.3, 0.4) is 0 Å². The Bertz CT molecular complexity index is 342. The van der Waals surface area contributed by atoms with Crippen molar-refractivity contribution in [2.24, 2.45) is 0 Å². The van der Waals surface area contributed by atoms with Gasteiger partial charge in [0.2, 0.25) is 0 Å². The third-order valence-electron chi connectivity index (χ3n) is 3.16. The topological polar surface area (TPSA) is 20.2 Å². The Morgan fingerprint density at radius 2 is 2.00 bits per heavy atom. The van der Waals surface area contributed by atoms with Gasteiger partial charge in [0, 0.05) is 22.8 Å². The van der Waals surface area contributed by atoms with Crippen LogP contribution in [0.1, 0.15) is 30.9 Å². The molecule has 1 aliphatic heterocycles. The van der Waals surface area contributed by atoms with Crippen molar-refractivity contribution in [2.45, 2.75) is 25.2 Å². The molecule has 0 aliphatic carbocycles. The number of aliphatic hydroxyl groups is 1. The smallest absolute Gasteiger partial charge is 0.0522 e. The lowest BCUT2D eigenvalue weighted by molar-refractivity contribution is 0.217. The van der Waals surface area contributed by atoms with E-state index in [0.717, 1.165) is 0 Å². The van der Waals surface area contributed by atoms with E-state index in [4.69, 9.17) is 0 Å². The fourth-order valence-electron chi connectivity index (χ4n) is 1.97. The Hall–Kier alpha value is -0.470. The van der Waals surface area contributed by atoms with Crippen molar-refractivity contribution in [3.8, 4) is 0 Å². The SMILES string of the molecule is CC(C)(CO)c1ccccc1C1CSC1. The number of hydrogen-bond acceptors (Lipinski definition) is 2. The van der Waals surface area contributed by atoms with Crippen LogP contribution in [-0.2, 0) is 5.41 Å². The second-order valence-electron chi connectivity index (χ2n) is 4.86. The zero-order valence-corrected chi connectivity index (χ0v) is 10.2. The van der Waals surface area contributed by atoms with Crippen molar-refractivity contribution in [1.82, 2.24) is 0 Å². The van der Waals surface area contributed by atoms with Gasteiger partial charge in [-0.1, -0.05) is 38.1 Å². The van der Waals surface area contributed by atoms with Crippen molar-refractivity contribution < 1.29 is 5.11 Å². The van der Waals surface area contributed by atoms with Crippen LogP contribution in [0.25, 0.3) is 0 Å². The van der Waals surface area contributed by atoms with E-state index in [0.29, 0.717) is 5.92 Å². The van der Waals surface area contributed by atoms with Crippen molar-refractivity contribution in [1.29, 1.82) is 0 Å². The lowest BCUT2D eigenvalue weighted by atomic mass is 9.79. The van der Waals surface area contributed by atoms with E-state index in [1.54, 1.807) is 0 Å². The first kappa shape index (κ1) is 11.0. The summed E-state index contributed by atoms with van der Waals surface area (Å²) in [5.74, 6) is 3.17. The number of hydrogen-bond donors (Lipinski definition) is 1. The highest BCUT2D eigenvalue weighted by Gasteiger charge is 2.28. The van der Waals surface area contributed by atoms with Crippen LogP contribution in [0.5, 0.6) is 0 Å². The van der Waals surface area contributed by atoms with Crippen molar-refractivity contribution >= 4 is 11.8 Å². The average Bonchev–Trinajstić information content (AvgIpc) is 2.16. The van der Waals surface area contributed by atoms with Gasteiger partial charge in [0.05, 0.1) is 6.61 Å². The summed E-state index contributed by atoms with van der Waals surface area (Å²) in [7, 11) is 0. The molecule has 82 valence electrons. The highest BCUT2D eigenvalue weighted by atomic mass is 32.2. The molecule has 1 nitrogen and oxygen atoms in total. The zero-order valence-electron chi connectivity index (χ0n) is 9.36. The minimum Gasteiger partial charge on any atom is -0.395 e. The van der Waals surface area contributed by atoms with Crippen LogP contribution in [0.4, 0.5) is 0 Å². The molecule has 0 amide bonds. The van der Waals surface area contributed by atoms with Crippen LogP contribution < -0.4 is 0 Å². The molecule has 1 N–H and O–H groups in total. The molecule has 15 heavy (non-hydrogen) atoms. The second-order valence-corrected chi connectivity index (χ2v) is 5.94. The average molecular weight is 222 g/mol. The first-order valence-electron chi connectivity index (χ1n) is 5.43. The maximum Gasteiger partial charge on any atom is 0.0522 e. The first-order chi connectivity index (χ1) is 7.15. The van der Waals surface area contributed by atoms with E-state index in [-0.39, 0.29) is 12.0 Å². The molecule has 2 heteroatoms. The van der Waals surface area contributed by atoms with Gasteiger partial charge in [-0.3, -0.25) is 0 Å². The maximum atomic E-state index is 9.44. The summed E-state index contributed by atoms with van der Waals surface area (Å²) in [6, 6.07) is 8.56. The summed E-state index contributed by atoms with van der Waals surface area (Å²) in [5, 5.41) is 9.44. The second kappa shape index (κ2) is 4.18. The summed E-state index contributed by atoms with van der Waals surface area (Å²) in [6.07, 6.45) is 0. The van der Waals surface area contributed by atoms with Gasteiger partial charge in [-0.05, 0) is 11.1 Å². The molecule has 0 radical (unpaired) electrons. The minimum absolute atomic E-state index is 0.114. The van der Waals surface area contributed by atoms with Crippen LogP contribution in [0, 0.1) is 0 Å². The van der Waals surface area contributed by atoms with Crippen molar-refractivity contribution in [2.75, 3.05) is 18.1 Å². The zero-order chi connectivity index (χ0) is 10.9. The predicted octanol–water partition coefficient (Wildman–Crippen LogP) is 2.79. The van der Waals surface area contributed by atoms with Gasteiger partial charge in [-0.15, -0.1) is 0 Å². The number of rotatable bonds is 3. The molecule has 0 aromatic heterocycles. The molecule has 1 aliphatic rings. The molecule has 2 rings (SSSR count). The Morgan fingerprint density at radius 3 is 2.53 bits per heavy atom. The molecule has 1 aromatic rings. The van der Waals surface area contributed by atoms with Gasteiger partial charge in [-0.25, -0.2) is 0 Å². The molecule has 0 spiro atoms. The quantitative estimate of drug-likeness (QED) is 0.848. The number of thioether (sulfide) groups is 1. The summed E-state index contributed by atoms with van der Waals surface area (Å²) in [4.78, 5) is 0. The first-order valence-corrected chi connectivity index (χ1v) is 6.58. The molecule has 0 unspecified atom stereocenters. The Morgan fingerprint density at radius 1 is 1.33 bits per heavy atom. The van der Waals surface area contributed by atoms with Crippen LogP contribution in [-0.4, -0.2) is 23.2 Å². The lowest BCUT2D eigenvalue weighted by Gasteiger charge is -2.32. The van der Waals surface area contributed by atoms with Gasteiger partial charge in [0.1, 0.15) is 0 Å². The van der Waals surface area contributed by atoms with Gasteiger partial charge >= 0.3 is 0 Å². The molecule has 0 saturated carbocycles. The monoisotopic (exact) mass is 222 g/mol. The molecule has 1 aromatic carbocycles. The Labute approximate surface area is 95.9 Å². The third-order valence-corrected chi connectivity index (χ3v) is 4.44. The summed E-state index contributed by atoms with van der Waals surface area (Å²) in [5.41, 5.74) is 2.64. The number of aliphatic hydroxyl groups excluding tert-OH is 1. The van der Waals surface area contributed by atoms with E-state index in [1.165, 1.54) is 22.6 Å². The predicted molar refractivity (Wildman–Crippen MR) is 66.6 cm³/mol. The van der Waals surface area contributed by atoms with E-state index in [9.17, 15) is 5.11 Å². The fraction of sp³-hybridized carbons (Fsp3) is 0.538. The van der Waals surface area contributed by atoms with E-state index >= 15 is 0 Å². The highest BCUT2D eigenvalue weighted by molar-refractivity contribution is 8.00. The largest absolute Gasteiger partial charge is 0.395 e. The van der Waals surface area contributed by atoms with E-state index in [1.807, 2.05) is 11.8 Å². The Kier molecular flexibility index (Phi) is 3.08. The van der Waals surface area contributed by atoms with Crippen molar-refractivity contribution in [3.05, 3.63) is 35.4 Å². The molecule has 0 atom stereocenters. The lowest BCUT2D eigenvalue weighted by Crippen LogP contribution is -2.27. The fourth-order valence-corrected chi connectivity index (χ4v) is 2.80. The van der Waals surface area contributed by atoms with E-state index in [2.05, 4.69) is 38.1 Å². The summed E-state index contributed by atoms with van der Waals surface area (Å²) < 4.78 is 0. The molecule has 1 saturated heterocycles. The van der Waals surface area contributed by atoms with Gasteiger partial charge in [0.25, 0.3) is 0 Å². The van der Waals surface area contributed by atoms with E-state index < -0.39 is 0 Å². The third kappa shape index (κ3) is 2.06. The standard InChI is InChI=1S/C13H18OS/c1-13(2,9-14)12-6-4-3-5-11(12)10-7-15-8-10/h3-6,10,14H,7-9H2,1-2H3. The molecule has 1 fully saturated rings. The van der Waals surface area contributed by atoms with Crippen LogP contribution >= 0.6 is 11.8 Å². The van der Waals surface area contributed by atoms with Gasteiger partial charge in [-0.2, -0.15) is 11.8 Å². The summed E-state index contributed by atoms with van der Waals surface area (Å²) in [6.45, 7) is 4.43. The van der Waals surface area contributed by atoms with Crippen LogP contribution in [0.15, 0.2) is 24.3 Å². The van der Waals surface area contributed by atoms with Gasteiger partial charge in [0.15, 0.2) is 0 Å². The number of benzene rings is 1. The van der Waals surface area contributed by atoms with Crippen molar-refractivity contribution in [3.63, 3.8) is 0 Å². The van der Waals surface area contributed by atoms with Gasteiger partial charge < -0.3 is 5.11 Å². The molecule has 1 heterocycles. The maximum absolute atomic E-state index is 9.44. The molecular formula is C13H18OS. The normalized spacial score (nSPS) is 17.5. The molecule has 0 bridgehead atoms. The Balaban J connectivity index is 2.37.